The van der Waals surface area contributed by atoms with Gasteiger partial charge in [-0.25, -0.2) is 4.98 Å². The molecule has 2 heterocycles. The van der Waals surface area contributed by atoms with Crippen molar-refractivity contribution in [2.45, 2.75) is 47.1 Å². The number of hydrogen-bond acceptors (Lipinski definition) is 5. The van der Waals surface area contributed by atoms with E-state index < -0.39 is 0 Å². The lowest BCUT2D eigenvalue weighted by Gasteiger charge is -2.09. The second-order valence-corrected chi connectivity index (χ2v) is 8.36. The first kappa shape index (κ1) is 20.1. The van der Waals surface area contributed by atoms with Gasteiger partial charge < -0.3 is 15.6 Å². The Morgan fingerprint density at radius 2 is 1.93 bits per heavy atom. The zero-order valence-corrected chi connectivity index (χ0v) is 17.5. The van der Waals surface area contributed by atoms with Crippen LogP contribution in [-0.4, -0.2) is 15.9 Å². The van der Waals surface area contributed by atoms with Crippen LogP contribution < -0.4 is 16.2 Å². The Hall–Kier alpha value is -2.67. The highest BCUT2D eigenvalue weighted by atomic mass is 32.1. The molecule has 1 atom stereocenters. The van der Waals surface area contributed by atoms with Gasteiger partial charge in [-0.15, -0.1) is 11.3 Å². The van der Waals surface area contributed by atoms with Gasteiger partial charge in [0.2, 0.25) is 5.91 Å². The third-order valence-corrected chi connectivity index (χ3v) is 5.87. The number of carbonyl (C=O) groups excluding carboxylic acids is 1. The van der Waals surface area contributed by atoms with E-state index in [1.54, 1.807) is 11.3 Å². The summed E-state index contributed by atoms with van der Waals surface area (Å²) in [5, 5.41) is 6.73. The van der Waals surface area contributed by atoms with Gasteiger partial charge in [-0.3, -0.25) is 9.59 Å². The molecule has 3 aromatic rings. The minimum atomic E-state index is -0.102. The van der Waals surface area contributed by atoms with Crippen LogP contribution >= 0.6 is 11.3 Å². The molecule has 6 nitrogen and oxygen atoms in total. The molecule has 0 aliphatic rings. The quantitative estimate of drug-likeness (QED) is 0.549. The number of benzene rings is 1. The van der Waals surface area contributed by atoms with Crippen LogP contribution in [0.4, 0.5) is 11.4 Å². The molecule has 0 aliphatic carbocycles. The van der Waals surface area contributed by atoms with Crippen molar-refractivity contribution in [1.82, 2.24) is 9.97 Å². The number of nitrogens with zero attached hydrogens (tertiary/aromatic N) is 1. The normalized spacial score (nSPS) is 12.1. The summed E-state index contributed by atoms with van der Waals surface area (Å²) in [6.07, 6.45) is 2.00. The molecule has 1 amide bonds. The van der Waals surface area contributed by atoms with Gasteiger partial charge in [0.25, 0.3) is 5.56 Å². The average molecular weight is 399 g/mol. The first-order valence-electron chi connectivity index (χ1n) is 9.50. The lowest BCUT2D eigenvalue weighted by atomic mass is 9.98. The van der Waals surface area contributed by atoms with Crippen LogP contribution in [0.15, 0.2) is 29.1 Å². The zero-order chi connectivity index (χ0) is 20.3. The number of hydrogen-bond donors (Lipinski definition) is 3. The van der Waals surface area contributed by atoms with Crippen molar-refractivity contribution in [3.63, 3.8) is 0 Å². The predicted molar refractivity (Wildman–Crippen MR) is 116 cm³/mol. The van der Waals surface area contributed by atoms with Gasteiger partial charge in [0, 0.05) is 23.2 Å². The highest BCUT2D eigenvalue weighted by Gasteiger charge is 2.16. The summed E-state index contributed by atoms with van der Waals surface area (Å²) >= 11 is 1.59. The van der Waals surface area contributed by atoms with Crippen molar-refractivity contribution in [2.75, 3.05) is 10.6 Å². The summed E-state index contributed by atoms with van der Waals surface area (Å²) in [6.45, 7) is 8.34. The van der Waals surface area contributed by atoms with E-state index in [9.17, 15) is 9.59 Å². The number of thiophene rings is 1. The number of aromatic amines is 1. The van der Waals surface area contributed by atoms with Gasteiger partial charge in [-0.2, -0.15) is 0 Å². The Morgan fingerprint density at radius 1 is 1.25 bits per heavy atom. The summed E-state index contributed by atoms with van der Waals surface area (Å²) in [7, 11) is 0. The fourth-order valence-electron chi connectivity index (χ4n) is 3.10. The number of H-pyrrole nitrogens is 1. The Kier molecular flexibility index (Phi) is 6.14. The molecule has 0 aliphatic heterocycles. The maximum atomic E-state index is 12.7. The first-order valence-corrected chi connectivity index (χ1v) is 10.3. The van der Waals surface area contributed by atoms with E-state index in [1.807, 2.05) is 24.3 Å². The van der Waals surface area contributed by atoms with Crippen LogP contribution in [0.3, 0.4) is 0 Å². The molecule has 28 heavy (non-hydrogen) atoms. The van der Waals surface area contributed by atoms with Crippen molar-refractivity contribution in [3.05, 3.63) is 50.9 Å². The molecule has 3 N–H and O–H groups in total. The Labute approximate surface area is 168 Å². The number of anilines is 2. The topological polar surface area (TPSA) is 86.9 Å². The maximum Gasteiger partial charge on any atom is 0.259 e. The molecule has 0 saturated heterocycles. The highest BCUT2D eigenvalue weighted by molar-refractivity contribution is 7.18. The van der Waals surface area contributed by atoms with E-state index in [0.29, 0.717) is 18.3 Å². The fourth-order valence-corrected chi connectivity index (χ4v) is 4.17. The van der Waals surface area contributed by atoms with Gasteiger partial charge in [0.15, 0.2) is 0 Å². The number of nitrogens with one attached hydrogen (secondary N) is 3. The summed E-state index contributed by atoms with van der Waals surface area (Å²) in [5.41, 5.74) is 2.70. The van der Waals surface area contributed by atoms with E-state index in [-0.39, 0.29) is 11.5 Å². The van der Waals surface area contributed by atoms with Crippen molar-refractivity contribution >= 4 is 38.8 Å². The second kappa shape index (κ2) is 8.56. The van der Waals surface area contributed by atoms with E-state index in [0.717, 1.165) is 40.0 Å². The third-order valence-electron chi connectivity index (χ3n) is 4.83. The molecule has 1 aromatic carbocycles. The van der Waals surface area contributed by atoms with E-state index in [2.05, 4.69) is 41.4 Å². The lowest BCUT2D eigenvalue weighted by Crippen LogP contribution is -2.15. The molecule has 148 valence electrons. The fraction of sp³-hybridized carbons (Fsp3) is 0.381. The molecule has 0 spiro atoms. The minimum Gasteiger partial charge on any atom is -0.378 e. The SMILES string of the molecule is CC[C@H](C)Cc1c(C)sc2nc(CNc3ccc(NC(C)=O)cc3)[nH]c(=O)c12. The Bertz CT molecular complexity index is 1040. The largest absolute Gasteiger partial charge is 0.378 e. The number of aromatic nitrogens is 2. The van der Waals surface area contributed by atoms with E-state index >= 15 is 0 Å². The molecule has 3 rings (SSSR count). The zero-order valence-electron chi connectivity index (χ0n) is 16.7. The van der Waals surface area contributed by atoms with Crippen molar-refractivity contribution in [2.24, 2.45) is 5.92 Å². The molecule has 0 saturated carbocycles. The first-order chi connectivity index (χ1) is 13.4. The Morgan fingerprint density at radius 3 is 2.57 bits per heavy atom. The molecule has 7 heteroatoms. The van der Waals surface area contributed by atoms with E-state index in [4.69, 9.17) is 0 Å². The van der Waals surface area contributed by atoms with Crippen molar-refractivity contribution in [1.29, 1.82) is 0 Å². The lowest BCUT2D eigenvalue weighted by molar-refractivity contribution is -0.114. The smallest absolute Gasteiger partial charge is 0.259 e. The summed E-state index contributed by atoms with van der Waals surface area (Å²) < 4.78 is 0. The molecular formula is C21H26N4O2S. The van der Waals surface area contributed by atoms with Gasteiger partial charge in [-0.1, -0.05) is 20.3 Å². The maximum absolute atomic E-state index is 12.7. The van der Waals surface area contributed by atoms with Crippen LogP contribution in [0.5, 0.6) is 0 Å². The highest BCUT2D eigenvalue weighted by Crippen LogP contribution is 2.29. The Balaban J connectivity index is 1.77. The minimum absolute atomic E-state index is 0.0644. The standard InChI is InChI=1S/C21H26N4O2S/c1-5-12(2)10-17-13(3)28-21-19(17)20(27)24-18(25-21)11-22-15-6-8-16(9-7-15)23-14(4)26/h6-9,12,22H,5,10-11H2,1-4H3,(H,23,26)(H,24,25,27)/t12-/m0/s1. The van der Waals surface area contributed by atoms with Crippen LogP contribution in [-0.2, 0) is 17.8 Å². The number of aryl methyl sites for hydroxylation is 1. The summed E-state index contributed by atoms with van der Waals surface area (Å²) in [5.74, 6) is 1.05. The van der Waals surface area contributed by atoms with Crippen LogP contribution in [0, 0.1) is 12.8 Å². The van der Waals surface area contributed by atoms with Gasteiger partial charge in [0.1, 0.15) is 10.7 Å². The molecular weight excluding hydrogens is 372 g/mol. The summed E-state index contributed by atoms with van der Waals surface area (Å²) in [6, 6.07) is 7.41. The monoisotopic (exact) mass is 398 g/mol. The third kappa shape index (κ3) is 4.59. The summed E-state index contributed by atoms with van der Waals surface area (Å²) in [4.78, 5) is 33.4. The molecule has 0 unspecified atom stereocenters. The second-order valence-electron chi connectivity index (χ2n) is 7.16. The van der Waals surface area contributed by atoms with Gasteiger partial charge in [0.05, 0.1) is 11.9 Å². The molecule has 2 aromatic heterocycles. The van der Waals surface area contributed by atoms with Crippen molar-refractivity contribution in [3.8, 4) is 0 Å². The average Bonchev–Trinajstić information content (AvgIpc) is 2.96. The number of amides is 1. The van der Waals surface area contributed by atoms with Gasteiger partial charge >= 0.3 is 0 Å². The molecule has 0 bridgehead atoms. The van der Waals surface area contributed by atoms with Crippen LogP contribution in [0.1, 0.15) is 43.5 Å². The molecule has 0 fully saturated rings. The van der Waals surface area contributed by atoms with Crippen molar-refractivity contribution < 1.29 is 4.79 Å². The van der Waals surface area contributed by atoms with E-state index in [1.165, 1.54) is 11.8 Å². The predicted octanol–water partition coefficient (Wildman–Crippen LogP) is 4.45. The number of rotatable bonds is 7. The van der Waals surface area contributed by atoms with Crippen LogP contribution in [0.2, 0.25) is 0 Å². The number of carbonyl (C=O) groups is 1. The van der Waals surface area contributed by atoms with Gasteiger partial charge in [-0.05, 0) is 49.1 Å². The molecule has 0 radical (unpaired) electrons. The van der Waals surface area contributed by atoms with Crippen LogP contribution in [0.25, 0.3) is 10.2 Å². The number of fused-ring (bicyclic) bond motifs is 1.